The molecule has 1 N–H and O–H groups in total. The normalized spacial score (nSPS) is 11.0. The monoisotopic (exact) mass is 534 g/mol. The molecule has 0 aliphatic rings. The minimum Gasteiger partial charge on any atom is -0.491 e. The average Bonchev–Trinajstić information content (AvgIpc) is 2.98. The van der Waals surface area contributed by atoms with Crippen LogP contribution in [-0.4, -0.2) is 56.7 Å². The van der Waals surface area contributed by atoms with Crippen molar-refractivity contribution in [1.29, 1.82) is 0 Å². The third kappa shape index (κ3) is 12.4. The summed E-state index contributed by atoms with van der Waals surface area (Å²) in [5.41, 5.74) is 3.09. The highest BCUT2D eigenvalue weighted by Crippen LogP contribution is 2.19. The van der Waals surface area contributed by atoms with Crippen molar-refractivity contribution >= 4 is 11.9 Å². The lowest BCUT2D eigenvalue weighted by Crippen LogP contribution is -2.11. The van der Waals surface area contributed by atoms with Gasteiger partial charge in [-0.25, -0.2) is 9.59 Å². The van der Waals surface area contributed by atoms with Crippen molar-refractivity contribution in [2.45, 2.75) is 20.3 Å². The summed E-state index contributed by atoms with van der Waals surface area (Å²) in [5, 5.41) is 8.73. The molecule has 0 amide bonds. The molecular formula is C32H38O7. The Labute approximate surface area is 231 Å². The number of benzene rings is 3. The van der Waals surface area contributed by atoms with Gasteiger partial charge in [-0.2, -0.15) is 0 Å². The molecule has 0 aliphatic carbocycles. The average molecular weight is 535 g/mol. The van der Waals surface area contributed by atoms with Crippen LogP contribution in [-0.2, 0) is 14.2 Å². The summed E-state index contributed by atoms with van der Waals surface area (Å²) in [6.45, 7) is 10.6. The number of rotatable bonds is 15. The zero-order valence-corrected chi connectivity index (χ0v) is 22.7. The Kier molecular flexibility index (Phi) is 14.7. The van der Waals surface area contributed by atoms with E-state index >= 15 is 0 Å². The van der Waals surface area contributed by atoms with E-state index in [2.05, 4.69) is 32.6 Å². The summed E-state index contributed by atoms with van der Waals surface area (Å²) in [4.78, 5) is 22.5. The predicted octanol–water partition coefficient (Wildman–Crippen LogP) is 6.54. The first-order valence-electron chi connectivity index (χ1n) is 13.0. The lowest BCUT2D eigenvalue weighted by atomic mass is 10.0. The van der Waals surface area contributed by atoms with Crippen LogP contribution < -0.4 is 4.74 Å². The van der Waals surface area contributed by atoms with Gasteiger partial charge in [-0.15, -0.1) is 6.58 Å². The third-order valence-corrected chi connectivity index (χ3v) is 5.63. The van der Waals surface area contributed by atoms with Crippen molar-refractivity contribution in [3.8, 4) is 16.9 Å². The summed E-state index contributed by atoms with van der Waals surface area (Å²) < 4.78 is 21.1. The van der Waals surface area contributed by atoms with Crippen molar-refractivity contribution in [2.24, 2.45) is 5.92 Å². The van der Waals surface area contributed by atoms with Gasteiger partial charge in [0.05, 0.1) is 44.2 Å². The van der Waals surface area contributed by atoms with Crippen molar-refractivity contribution in [3.63, 3.8) is 0 Å². The van der Waals surface area contributed by atoms with Gasteiger partial charge in [0.1, 0.15) is 12.4 Å². The molecule has 3 aromatic rings. The van der Waals surface area contributed by atoms with Crippen molar-refractivity contribution in [1.82, 2.24) is 0 Å². The van der Waals surface area contributed by atoms with E-state index in [9.17, 15) is 9.59 Å². The first kappa shape index (κ1) is 31.3. The van der Waals surface area contributed by atoms with Gasteiger partial charge in [-0.05, 0) is 53.4 Å². The molecule has 39 heavy (non-hydrogen) atoms. The first-order chi connectivity index (χ1) is 18.9. The molecule has 0 bridgehead atoms. The molecule has 0 spiro atoms. The van der Waals surface area contributed by atoms with Gasteiger partial charge < -0.3 is 24.1 Å². The molecule has 1 unspecified atom stereocenters. The zero-order chi connectivity index (χ0) is 28.3. The number of carbonyl (C=O) groups excluding carboxylic acids is 1. The van der Waals surface area contributed by atoms with Gasteiger partial charge >= 0.3 is 11.9 Å². The predicted molar refractivity (Wildman–Crippen MR) is 152 cm³/mol. The SMILES string of the molecule is C=CCOCCOCCOc1ccc(C(=O)O)cc1.CCC(C)COC(=O)c1ccc(-c2ccccc2)cc1. The van der Waals surface area contributed by atoms with Crippen LogP contribution in [0.4, 0.5) is 0 Å². The molecule has 0 aliphatic heterocycles. The molecule has 3 aromatic carbocycles. The highest BCUT2D eigenvalue weighted by Gasteiger charge is 2.09. The Balaban J connectivity index is 0.000000274. The highest BCUT2D eigenvalue weighted by molar-refractivity contribution is 5.90. The lowest BCUT2D eigenvalue weighted by molar-refractivity contribution is 0.0446. The van der Waals surface area contributed by atoms with Gasteiger partial charge in [-0.3, -0.25) is 0 Å². The highest BCUT2D eigenvalue weighted by atomic mass is 16.5. The maximum atomic E-state index is 11.9. The smallest absolute Gasteiger partial charge is 0.338 e. The number of carboxylic acids is 1. The second-order valence-corrected chi connectivity index (χ2v) is 8.71. The second kappa shape index (κ2) is 18.3. The molecule has 0 fully saturated rings. The van der Waals surface area contributed by atoms with Gasteiger partial charge in [0.2, 0.25) is 0 Å². The number of aromatic carboxylic acids is 1. The Morgan fingerprint density at radius 2 is 1.41 bits per heavy atom. The van der Waals surface area contributed by atoms with Crippen LogP contribution in [0.5, 0.6) is 5.75 Å². The molecule has 7 nitrogen and oxygen atoms in total. The molecule has 7 heteroatoms. The Morgan fingerprint density at radius 3 is 2.03 bits per heavy atom. The van der Waals surface area contributed by atoms with Crippen LogP contribution in [0.15, 0.2) is 91.5 Å². The van der Waals surface area contributed by atoms with E-state index in [1.54, 1.807) is 18.2 Å². The van der Waals surface area contributed by atoms with Crippen LogP contribution in [0.3, 0.4) is 0 Å². The summed E-state index contributed by atoms with van der Waals surface area (Å²) in [6, 6.07) is 23.9. The molecule has 0 saturated carbocycles. The molecule has 208 valence electrons. The van der Waals surface area contributed by atoms with Crippen molar-refractivity contribution in [2.75, 3.05) is 39.6 Å². The van der Waals surface area contributed by atoms with E-state index in [0.717, 1.165) is 17.5 Å². The first-order valence-corrected chi connectivity index (χ1v) is 13.0. The van der Waals surface area contributed by atoms with Crippen LogP contribution in [0, 0.1) is 5.92 Å². The van der Waals surface area contributed by atoms with Crippen molar-refractivity contribution in [3.05, 3.63) is 103 Å². The zero-order valence-electron chi connectivity index (χ0n) is 22.7. The van der Waals surface area contributed by atoms with E-state index in [1.165, 1.54) is 12.1 Å². The summed E-state index contributed by atoms with van der Waals surface area (Å²) in [5.74, 6) is -0.168. The van der Waals surface area contributed by atoms with E-state index in [1.807, 2.05) is 42.5 Å². The number of esters is 1. The Bertz CT molecular complexity index is 1110. The number of hydrogen-bond donors (Lipinski definition) is 1. The lowest BCUT2D eigenvalue weighted by Gasteiger charge is -2.10. The van der Waals surface area contributed by atoms with Gasteiger partial charge in [0, 0.05) is 0 Å². The summed E-state index contributed by atoms with van der Waals surface area (Å²) in [6.07, 6.45) is 2.70. The fourth-order valence-electron chi connectivity index (χ4n) is 3.15. The van der Waals surface area contributed by atoms with Crippen LogP contribution >= 0.6 is 0 Å². The molecule has 3 rings (SSSR count). The van der Waals surface area contributed by atoms with Crippen LogP contribution in [0.1, 0.15) is 41.0 Å². The van der Waals surface area contributed by atoms with Crippen LogP contribution in [0.2, 0.25) is 0 Å². The summed E-state index contributed by atoms with van der Waals surface area (Å²) in [7, 11) is 0. The number of ether oxygens (including phenoxy) is 4. The van der Waals surface area contributed by atoms with E-state index in [-0.39, 0.29) is 11.5 Å². The van der Waals surface area contributed by atoms with Crippen molar-refractivity contribution < 1.29 is 33.6 Å². The molecule has 0 aromatic heterocycles. The minimum atomic E-state index is -0.950. The maximum absolute atomic E-state index is 11.9. The van der Waals surface area contributed by atoms with Gasteiger partial charge in [-0.1, -0.05) is 68.8 Å². The maximum Gasteiger partial charge on any atom is 0.338 e. The summed E-state index contributed by atoms with van der Waals surface area (Å²) >= 11 is 0. The van der Waals surface area contributed by atoms with Gasteiger partial charge in [0.15, 0.2) is 0 Å². The standard InChI is InChI=1S/C18H20O2.C14H18O5/c1-3-14(2)13-20-18(19)17-11-9-16(10-12-17)15-7-5-4-6-8-15;1-2-7-17-8-9-18-10-11-19-13-5-3-12(4-6-13)14(15)16/h4-12,14H,3,13H2,1-2H3;2-6H,1,7-11H2,(H,15,16). The molecular weight excluding hydrogens is 496 g/mol. The fourth-order valence-corrected chi connectivity index (χ4v) is 3.15. The number of carbonyl (C=O) groups is 2. The van der Waals surface area contributed by atoms with Gasteiger partial charge in [0.25, 0.3) is 0 Å². The fraction of sp³-hybridized carbons (Fsp3) is 0.312. The Hall–Kier alpha value is -3.94. The molecule has 1 atom stereocenters. The van der Waals surface area contributed by atoms with E-state index in [0.29, 0.717) is 56.9 Å². The minimum absolute atomic E-state index is 0.239. The largest absolute Gasteiger partial charge is 0.491 e. The topological polar surface area (TPSA) is 91.3 Å². The number of hydrogen-bond acceptors (Lipinski definition) is 6. The number of carboxylic acid groups (broad SMARTS) is 1. The molecule has 0 saturated heterocycles. The van der Waals surface area contributed by atoms with E-state index < -0.39 is 5.97 Å². The van der Waals surface area contributed by atoms with E-state index in [4.69, 9.17) is 24.1 Å². The third-order valence-electron chi connectivity index (χ3n) is 5.63. The Morgan fingerprint density at radius 1 is 0.821 bits per heavy atom. The molecule has 0 heterocycles. The molecule has 0 radical (unpaired) electrons. The quantitative estimate of drug-likeness (QED) is 0.134. The second-order valence-electron chi connectivity index (χ2n) is 8.71. The van der Waals surface area contributed by atoms with Crippen LogP contribution in [0.25, 0.3) is 11.1 Å².